The topological polar surface area (TPSA) is 410 Å². The van der Waals surface area contributed by atoms with Gasteiger partial charge in [0, 0.05) is 93.2 Å². The molecule has 30 nitrogen and oxygen atoms in total. The minimum absolute atomic E-state index is 0.0815. The number of anilines is 1. The van der Waals surface area contributed by atoms with Gasteiger partial charge in [-0.1, -0.05) is 18.6 Å². The van der Waals surface area contributed by atoms with Crippen LogP contribution in [0.15, 0.2) is 66.7 Å². The van der Waals surface area contributed by atoms with E-state index >= 15 is 0 Å². The normalized spacial score (nSPS) is 23.7. The Morgan fingerprint density at radius 2 is 1.37 bits per heavy atom. The first-order valence-corrected chi connectivity index (χ1v) is 35.0. The number of hydrogen-bond donors (Lipinski definition) is 10. The molecule has 3 aromatic carbocycles. The number of unbranched alkanes of at least 4 members (excludes halogenated alkanes) is 1. The van der Waals surface area contributed by atoms with Crippen molar-refractivity contribution in [2.75, 3.05) is 64.2 Å². The number of rotatable bonds is 15. The van der Waals surface area contributed by atoms with Crippen LogP contribution in [0.5, 0.6) is 23.0 Å². The number of aliphatic carboxylic acids is 1. The first-order valence-electron chi connectivity index (χ1n) is 34.6. The highest BCUT2D eigenvalue weighted by Gasteiger charge is 2.54. The number of esters is 1. The average Bonchev–Trinajstić information content (AvgIpc) is 1.60. The molecule has 542 valence electrons. The van der Waals surface area contributed by atoms with E-state index in [0.717, 1.165) is 0 Å². The quantitative estimate of drug-likeness (QED) is 0.0451. The molecule has 0 aliphatic carbocycles. The first-order chi connectivity index (χ1) is 48.3. The van der Waals surface area contributed by atoms with Crippen molar-refractivity contribution < 1.29 is 87.4 Å². The molecule has 101 heavy (non-hydrogen) atoms. The molecule has 0 aromatic heterocycles. The Morgan fingerprint density at radius 1 is 0.713 bits per heavy atom. The average molecular weight is 1420 g/mol. The summed E-state index contributed by atoms with van der Waals surface area (Å²) in [4.78, 5) is 174. The lowest BCUT2D eigenvalue weighted by Gasteiger charge is -2.36. The van der Waals surface area contributed by atoms with Crippen molar-refractivity contribution in [1.29, 1.82) is 0 Å². The number of carbonyl (C=O) groups excluding carboxylic acids is 11. The Morgan fingerprint density at radius 3 is 2.04 bits per heavy atom. The van der Waals surface area contributed by atoms with Crippen LogP contribution in [0.2, 0.25) is 0 Å². The summed E-state index contributed by atoms with van der Waals surface area (Å²) in [6.07, 6.45) is 6.95. The Hall–Kier alpha value is -9.91. The monoisotopic (exact) mass is 1420 g/mol. The van der Waals surface area contributed by atoms with Crippen molar-refractivity contribution >= 4 is 94.0 Å². The number of aliphatic hydroxyl groups excluding tert-OH is 1. The summed E-state index contributed by atoms with van der Waals surface area (Å²) >= 11 is 5.69. The largest absolute Gasteiger partial charge is 0.508 e. The molecule has 0 unspecified atom stereocenters. The zero-order chi connectivity index (χ0) is 72.4. The fourth-order valence-corrected chi connectivity index (χ4v) is 14.8. The van der Waals surface area contributed by atoms with Crippen LogP contribution in [0.3, 0.4) is 0 Å². The molecule has 1 spiro atoms. The van der Waals surface area contributed by atoms with E-state index in [-0.39, 0.29) is 98.8 Å². The maximum atomic E-state index is 14.9. The van der Waals surface area contributed by atoms with Crippen LogP contribution in [0.1, 0.15) is 150 Å². The van der Waals surface area contributed by atoms with Gasteiger partial charge in [0.1, 0.15) is 65.3 Å². The molecule has 4 saturated heterocycles. The zero-order valence-corrected chi connectivity index (χ0v) is 57.3. The van der Waals surface area contributed by atoms with Gasteiger partial charge in [-0.3, -0.25) is 52.7 Å². The number of hydrogen-bond acceptors (Lipinski definition) is 18. The van der Waals surface area contributed by atoms with Crippen molar-refractivity contribution in [2.45, 2.75) is 177 Å². The Balaban J connectivity index is 0.800. The van der Waals surface area contributed by atoms with Gasteiger partial charge < -0.3 is 91.6 Å². The van der Waals surface area contributed by atoms with Crippen molar-refractivity contribution in [3.63, 3.8) is 0 Å². The van der Waals surface area contributed by atoms with Crippen LogP contribution in [-0.4, -0.2) is 233 Å². The minimum atomic E-state index is -1.60. The number of allylic oxidation sites excluding steroid dienone is 1. The molecule has 4 fully saturated rings. The number of carboxylic acid groups (broad SMARTS) is 1. The number of carbonyl (C=O) groups is 12. The second-order valence-corrected chi connectivity index (χ2v) is 27.1. The van der Waals surface area contributed by atoms with Crippen molar-refractivity contribution in [1.82, 2.24) is 50.7 Å². The fraction of sp³-hybridized carbons (Fsp3) is 0.529. The molecule has 8 atom stereocenters. The minimum Gasteiger partial charge on any atom is -0.508 e. The highest BCUT2D eigenvalue weighted by Crippen LogP contribution is 2.57. The highest BCUT2D eigenvalue weighted by molar-refractivity contribution is 7.80. The molecule has 11 N–H and O–H groups in total. The Bertz CT molecular complexity index is 3720. The number of thiocarbonyl (C=S) groups is 1. The summed E-state index contributed by atoms with van der Waals surface area (Å²) in [5.74, 6) is -7.96. The molecule has 31 heteroatoms. The number of ether oxygens (including phenoxy) is 2. The zero-order valence-electron chi connectivity index (χ0n) is 56.5. The summed E-state index contributed by atoms with van der Waals surface area (Å²) in [6, 6.07) is 5.70. The molecule has 10 rings (SSSR count). The Kier molecular flexibility index (Phi) is 23.8. The van der Waals surface area contributed by atoms with Gasteiger partial charge >= 0.3 is 11.9 Å². The lowest BCUT2D eigenvalue weighted by atomic mass is 9.77. The van der Waals surface area contributed by atoms with Gasteiger partial charge in [0.15, 0.2) is 10.7 Å². The number of aromatic hydroxyl groups is 2. The molecule has 7 aliphatic rings. The standard InChI is InChI=1S/C70H88N12O18S/c1-40-64(94)81-33-14-18-53(81)67(97)82-34-13-17-52(82)66(96)77(38-56(86)75-49(61(71)91)26-27-59(89)90)29-9-5-3-4-6-10-30-78(39-58(88)79-31-11-15-50(79)62(92)76-60(41(2)83)63(93)73-40)65(95)51-16-12-32-80(51)57(87)19-7-8-28-72-69(101)74-42-20-23-45-48(35-42)70(100-68(45)98)46-24-21-43(84)36-54(46)99-55-37-44(85)22-25-47(55)70/h5,9,20-25,35-37,40-41,49-53,60,83-85H,3-4,6-8,10-19,26-34,38-39H2,1-2H3,(H2,71,91)(H,73,93)(H,75,86)(H,76,92)(H,89,90)(H2,72,74,101)/b9-5-/t40-,41+,49-,50-,51-,52-,53-,60-/m0/s1. The van der Waals surface area contributed by atoms with Gasteiger partial charge in [-0.15, -0.1) is 0 Å². The molecule has 7 aliphatic heterocycles. The van der Waals surface area contributed by atoms with E-state index in [4.69, 9.17) is 27.4 Å². The number of likely N-dealkylation sites (tertiary alicyclic amines) is 1. The van der Waals surface area contributed by atoms with Crippen LogP contribution in [0.25, 0.3) is 0 Å². The number of nitrogens with two attached hydrogens (primary N) is 1. The third kappa shape index (κ3) is 16.8. The van der Waals surface area contributed by atoms with Gasteiger partial charge in [-0.25, -0.2) is 4.79 Å². The summed E-state index contributed by atoms with van der Waals surface area (Å²) in [7, 11) is 0. The van der Waals surface area contributed by atoms with Gasteiger partial charge in [-0.05, 0) is 158 Å². The number of benzene rings is 3. The van der Waals surface area contributed by atoms with Crippen molar-refractivity contribution in [3.8, 4) is 23.0 Å². The second kappa shape index (κ2) is 32.6. The number of nitrogens with zero attached hydrogens (tertiary/aromatic N) is 6. The van der Waals surface area contributed by atoms with Gasteiger partial charge in [0.05, 0.1) is 24.8 Å². The Labute approximate surface area is 588 Å². The highest BCUT2D eigenvalue weighted by atomic mass is 32.1. The molecule has 0 bridgehead atoms. The number of phenols is 2. The van der Waals surface area contributed by atoms with E-state index in [1.165, 1.54) is 62.6 Å². The van der Waals surface area contributed by atoms with Gasteiger partial charge in [0.25, 0.3) is 0 Å². The molecule has 0 radical (unpaired) electrons. The molecule has 10 amide bonds. The predicted octanol–water partition coefficient (Wildman–Crippen LogP) is 2.08. The van der Waals surface area contributed by atoms with Crippen LogP contribution in [-0.2, 0) is 63.1 Å². The van der Waals surface area contributed by atoms with E-state index in [9.17, 15) is 78.0 Å². The summed E-state index contributed by atoms with van der Waals surface area (Å²) in [6.45, 7) is 2.71. The lowest BCUT2D eigenvalue weighted by molar-refractivity contribution is -0.150. The third-order valence-electron chi connectivity index (χ3n) is 19.7. The molecule has 0 saturated carbocycles. The summed E-state index contributed by atoms with van der Waals surface area (Å²) in [5.41, 5.74) is 6.22. The van der Waals surface area contributed by atoms with E-state index in [0.29, 0.717) is 112 Å². The summed E-state index contributed by atoms with van der Waals surface area (Å²) in [5, 5.41) is 55.1. The maximum absolute atomic E-state index is 14.9. The number of nitrogens with one attached hydrogen (secondary N) is 5. The van der Waals surface area contributed by atoms with E-state index in [1.54, 1.807) is 47.4 Å². The summed E-state index contributed by atoms with van der Waals surface area (Å²) < 4.78 is 12.3. The molecule has 3 aromatic rings. The van der Waals surface area contributed by atoms with Gasteiger partial charge in [0.2, 0.25) is 59.1 Å². The number of aliphatic hydroxyl groups is 1. The van der Waals surface area contributed by atoms with E-state index in [2.05, 4.69) is 26.6 Å². The fourth-order valence-electron chi connectivity index (χ4n) is 14.6. The third-order valence-corrected chi connectivity index (χ3v) is 19.9. The van der Waals surface area contributed by atoms with Crippen LogP contribution in [0.4, 0.5) is 5.69 Å². The number of amides is 10. The van der Waals surface area contributed by atoms with Crippen molar-refractivity contribution in [3.05, 3.63) is 89.0 Å². The maximum Gasteiger partial charge on any atom is 0.340 e. The number of phenolic OH excluding ortho intramolecular Hbond substituents is 2. The van der Waals surface area contributed by atoms with E-state index < -0.39 is 139 Å². The van der Waals surface area contributed by atoms with Crippen LogP contribution >= 0.6 is 12.2 Å². The lowest BCUT2D eigenvalue weighted by Crippen LogP contribution is -2.60. The first kappa shape index (κ1) is 73.8. The molecular formula is C70H88N12O18S. The van der Waals surface area contributed by atoms with Crippen molar-refractivity contribution in [2.24, 2.45) is 5.73 Å². The number of carboxylic acids is 1. The number of primary amides is 1. The SMILES string of the molecule is C[C@@H]1NC(=O)[C@H]([C@@H](C)O)NC(=O)[C@@H]2CCCN2C(=O)CN(C(=O)[C@@H]2CCCN2C(=O)CCCCNC(=S)Nc2ccc3c(c2)C2(OC3=O)c3ccc(O)cc3Oc3cc(O)ccc32)CCCCC/C=C\CN(CC(=O)N[C@@H](CCC(=O)O)C(N)=O)C(=O)[C@@H]2CCCN2C(=O)[C@@H]2CCCN2C1=O. The van der Waals surface area contributed by atoms with Crippen LogP contribution < -0.4 is 37.1 Å². The second-order valence-electron chi connectivity index (χ2n) is 26.7. The number of fused-ring (bicyclic) bond motifs is 9. The predicted molar refractivity (Wildman–Crippen MR) is 365 cm³/mol. The smallest absolute Gasteiger partial charge is 0.340 e. The van der Waals surface area contributed by atoms with Crippen LogP contribution in [0, 0.1) is 0 Å². The molecular weight excluding hydrogens is 1330 g/mol. The van der Waals surface area contributed by atoms with E-state index in [1.807, 2.05) is 0 Å². The van der Waals surface area contributed by atoms with Gasteiger partial charge in [-0.2, -0.15) is 0 Å². The molecule has 7 heterocycles.